The van der Waals surface area contributed by atoms with Gasteiger partial charge in [-0.05, 0) is 53.6 Å². The van der Waals surface area contributed by atoms with E-state index in [1.54, 1.807) is 23.5 Å². The average Bonchev–Trinajstić information content (AvgIpc) is 3.40. The Morgan fingerprint density at radius 3 is 2.67 bits per heavy atom. The summed E-state index contributed by atoms with van der Waals surface area (Å²) in [6.45, 7) is 0. The maximum atomic E-state index is 13.5. The highest BCUT2D eigenvalue weighted by Gasteiger charge is 2.39. The number of hydrogen-bond acceptors (Lipinski definition) is 4. The van der Waals surface area contributed by atoms with Gasteiger partial charge >= 0.3 is 0 Å². The van der Waals surface area contributed by atoms with Crippen LogP contribution >= 0.6 is 11.3 Å². The fraction of sp³-hybridized carbons (Fsp3) is 0.167. The molecule has 0 amide bonds. The highest BCUT2D eigenvalue weighted by atomic mass is 32.1. The second kappa shape index (κ2) is 6.64. The minimum Gasteiger partial charge on any atom is -0.329 e. The molecule has 2 aromatic heterocycles. The number of carbonyl (C=O) groups excluding carboxylic acids is 1. The van der Waals surface area contributed by atoms with E-state index in [1.807, 2.05) is 35.7 Å². The largest absolute Gasteiger partial charge is 0.329 e. The highest BCUT2D eigenvalue weighted by Crippen LogP contribution is 2.46. The number of imidazole rings is 1. The van der Waals surface area contributed by atoms with E-state index in [1.165, 1.54) is 12.1 Å². The van der Waals surface area contributed by atoms with Gasteiger partial charge in [0.2, 0.25) is 5.95 Å². The number of hydrogen-bond donors (Lipinski definition) is 1. The summed E-state index contributed by atoms with van der Waals surface area (Å²) < 4.78 is 15.5. The van der Waals surface area contributed by atoms with Crippen LogP contribution in [0.5, 0.6) is 0 Å². The van der Waals surface area contributed by atoms with Crippen LogP contribution in [0, 0.1) is 5.82 Å². The predicted molar refractivity (Wildman–Crippen MR) is 116 cm³/mol. The standard InChI is InChI=1S/C24H18FN3OS/c25-16-9-7-14(8-10-16)15-12-18-22(20(29)13-15)23(21-6-3-11-30-21)28-19-5-2-1-4-17(19)26-24(28)27-18/h1-11,15,23H,12-13H2,(H,26,27). The molecule has 2 aromatic carbocycles. The van der Waals surface area contributed by atoms with Gasteiger partial charge in [0.15, 0.2) is 5.78 Å². The molecule has 1 aliphatic heterocycles. The number of ketones is 1. The van der Waals surface area contributed by atoms with E-state index in [-0.39, 0.29) is 23.6 Å². The van der Waals surface area contributed by atoms with Gasteiger partial charge in [-0.25, -0.2) is 9.37 Å². The molecule has 0 saturated heterocycles. The zero-order valence-electron chi connectivity index (χ0n) is 16.0. The van der Waals surface area contributed by atoms with Crippen LogP contribution in [0.4, 0.5) is 10.3 Å². The molecule has 0 bridgehead atoms. The van der Waals surface area contributed by atoms with Gasteiger partial charge in [0, 0.05) is 22.6 Å². The van der Waals surface area contributed by atoms with Gasteiger partial charge in [0.1, 0.15) is 11.9 Å². The Bertz CT molecular complexity index is 1300. The lowest BCUT2D eigenvalue weighted by molar-refractivity contribution is -0.116. The molecule has 2 atom stereocenters. The van der Waals surface area contributed by atoms with E-state index < -0.39 is 0 Å². The molecular weight excluding hydrogens is 397 g/mol. The Labute approximate surface area is 176 Å². The molecule has 148 valence electrons. The molecule has 6 rings (SSSR count). The zero-order chi connectivity index (χ0) is 20.2. The summed E-state index contributed by atoms with van der Waals surface area (Å²) in [6.07, 6.45) is 1.13. The van der Waals surface area contributed by atoms with E-state index >= 15 is 0 Å². The second-order valence-corrected chi connectivity index (χ2v) is 8.79. The summed E-state index contributed by atoms with van der Waals surface area (Å²) in [4.78, 5) is 19.4. The van der Waals surface area contributed by atoms with Crippen molar-refractivity contribution in [3.8, 4) is 0 Å². The molecule has 4 nitrogen and oxygen atoms in total. The number of benzene rings is 2. The highest BCUT2D eigenvalue weighted by molar-refractivity contribution is 7.10. The number of allylic oxidation sites excluding steroid dienone is 2. The Hall–Kier alpha value is -3.25. The van der Waals surface area contributed by atoms with Crippen molar-refractivity contribution >= 4 is 34.1 Å². The van der Waals surface area contributed by atoms with Crippen molar-refractivity contribution in [1.82, 2.24) is 9.55 Å². The molecule has 0 spiro atoms. The fourth-order valence-electron chi connectivity index (χ4n) is 4.71. The van der Waals surface area contributed by atoms with Crippen molar-refractivity contribution < 1.29 is 9.18 Å². The molecule has 2 aliphatic rings. The van der Waals surface area contributed by atoms with E-state index in [0.717, 1.165) is 38.7 Å². The number of halogens is 1. The van der Waals surface area contributed by atoms with Crippen molar-refractivity contribution in [3.63, 3.8) is 0 Å². The lowest BCUT2D eigenvalue weighted by atomic mass is 9.78. The van der Waals surface area contributed by atoms with Crippen molar-refractivity contribution in [2.24, 2.45) is 0 Å². The summed E-state index contributed by atoms with van der Waals surface area (Å²) in [5, 5.41) is 5.51. The van der Waals surface area contributed by atoms with E-state index in [9.17, 15) is 9.18 Å². The number of nitrogens with zero attached hydrogens (tertiary/aromatic N) is 2. The van der Waals surface area contributed by atoms with Crippen LogP contribution in [-0.4, -0.2) is 15.3 Å². The monoisotopic (exact) mass is 415 g/mol. The van der Waals surface area contributed by atoms with Gasteiger partial charge in [-0.1, -0.05) is 30.3 Å². The Balaban J connectivity index is 1.50. The van der Waals surface area contributed by atoms with Gasteiger partial charge in [-0.15, -0.1) is 11.3 Å². The summed E-state index contributed by atoms with van der Waals surface area (Å²) >= 11 is 1.66. The van der Waals surface area contributed by atoms with Crippen LogP contribution in [0.1, 0.15) is 35.2 Å². The van der Waals surface area contributed by atoms with Crippen LogP contribution < -0.4 is 5.32 Å². The number of carbonyl (C=O) groups is 1. The first-order valence-electron chi connectivity index (χ1n) is 9.98. The molecule has 6 heteroatoms. The predicted octanol–water partition coefficient (Wildman–Crippen LogP) is 5.65. The van der Waals surface area contributed by atoms with E-state index in [2.05, 4.69) is 16.0 Å². The maximum Gasteiger partial charge on any atom is 0.209 e. The third-order valence-corrected chi connectivity index (χ3v) is 6.98. The van der Waals surface area contributed by atoms with Crippen molar-refractivity contribution in [2.75, 3.05) is 5.32 Å². The quantitative estimate of drug-likeness (QED) is 0.460. The number of fused-ring (bicyclic) bond motifs is 3. The SMILES string of the molecule is O=C1CC(c2ccc(F)cc2)CC2=C1C(c1cccs1)n1c(nc3ccccc31)N2. The summed E-state index contributed by atoms with van der Waals surface area (Å²) in [5.74, 6) is 0.674. The second-order valence-electron chi connectivity index (χ2n) is 7.81. The lowest BCUT2D eigenvalue weighted by Crippen LogP contribution is -2.32. The average molecular weight is 415 g/mol. The normalized spacial score (nSPS) is 20.8. The van der Waals surface area contributed by atoms with E-state index in [0.29, 0.717) is 12.8 Å². The van der Waals surface area contributed by atoms with Crippen LogP contribution in [0.3, 0.4) is 0 Å². The summed E-state index contributed by atoms with van der Waals surface area (Å²) in [5.41, 5.74) is 4.67. The first kappa shape index (κ1) is 17.6. The third kappa shape index (κ3) is 2.64. The van der Waals surface area contributed by atoms with Crippen molar-refractivity contribution in [3.05, 3.63) is 93.6 Å². The number of nitrogens with one attached hydrogen (secondary N) is 1. The molecule has 2 unspecified atom stereocenters. The summed E-state index contributed by atoms with van der Waals surface area (Å²) in [6, 6.07) is 18.5. The topological polar surface area (TPSA) is 46.9 Å². The number of para-hydroxylation sites is 2. The lowest BCUT2D eigenvalue weighted by Gasteiger charge is -2.35. The number of aromatic nitrogens is 2. The minimum absolute atomic E-state index is 0.0317. The first-order valence-corrected chi connectivity index (χ1v) is 10.9. The maximum absolute atomic E-state index is 13.5. The zero-order valence-corrected chi connectivity index (χ0v) is 16.8. The van der Waals surface area contributed by atoms with Crippen molar-refractivity contribution in [2.45, 2.75) is 24.8 Å². The Kier molecular flexibility index (Phi) is 3.89. The molecule has 0 fully saturated rings. The van der Waals surface area contributed by atoms with Gasteiger partial charge < -0.3 is 5.32 Å². The summed E-state index contributed by atoms with van der Waals surface area (Å²) in [7, 11) is 0. The molecule has 0 saturated carbocycles. The molecule has 4 aromatic rings. The van der Waals surface area contributed by atoms with Crippen LogP contribution in [0.25, 0.3) is 11.0 Å². The number of anilines is 1. The van der Waals surface area contributed by atoms with Crippen LogP contribution in [-0.2, 0) is 4.79 Å². The number of thiophene rings is 1. The van der Waals surface area contributed by atoms with Crippen molar-refractivity contribution in [1.29, 1.82) is 0 Å². The van der Waals surface area contributed by atoms with E-state index in [4.69, 9.17) is 4.98 Å². The third-order valence-electron chi connectivity index (χ3n) is 6.05. The fourth-order valence-corrected chi connectivity index (χ4v) is 5.54. The van der Waals surface area contributed by atoms with Gasteiger partial charge in [-0.3, -0.25) is 9.36 Å². The number of rotatable bonds is 2. The number of Topliss-reactive ketones (excluding diaryl/α,β-unsaturated/α-hetero) is 1. The molecule has 1 aliphatic carbocycles. The molecular formula is C24H18FN3OS. The van der Waals surface area contributed by atoms with Crippen LogP contribution in [0.2, 0.25) is 0 Å². The first-order chi connectivity index (χ1) is 14.7. The molecule has 1 N–H and O–H groups in total. The van der Waals surface area contributed by atoms with Gasteiger partial charge in [0.25, 0.3) is 0 Å². The van der Waals surface area contributed by atoms with Gasteiger partial charge in [-0.2, -0.15) is 0 Å². The molecule has 30 heavy (non-hydrogen) atoms. The van der Waals surface area contributed by atoms with Crippen LogP contribution in [0.15, 0.2) is 77.3 Å². The Morgan fingerprint density at radius 2 is 1.87 bits per heavy atom. The Morgan fingerprint density at radius 1 is 1.03 bits per heavy atom. The smallest absolute Gasteiger partial charge is 0.209 e. The molecule has 0 radical (unpaired) electrons. The minimum atomic E-state index is -0.261. The van der Waals surface area contributed by atoms with Gasteiger partial charge in [0.05, 0.1) is 11.0 Å². The molecule has 3 heterocycles.